The van der Waals surface area contributed by atoms with Crippen molar-refractivity contribution < 1.29 is 9.85 Å². The predicted octanol–water partition coefficient (Wildman–Crippen LogP) is 3.73. The van der Waals surface area contributed by atoms with Crippen molar-refractivity contribution in [2.24, 2.45) is 16.9 Å². The minimum atomic E-state index is -0.659. The Balaban J connectivity index is 2.25. The number of nitro benzene ring substituents is 2. The van der Waals surface area contributed by atoms with Crippen LogP contribution in [0, 0.1) is 32.1 Å². The Morgan fingerprint density at radius 3 is 2.59 bits per heavy atom. The molecule has 2 rings (SSSR count). The van der Waals surface area contributed by atoms with Crippen LogP contribution in [0.2, 0.25) is 0 Å². The summed E-state index contributed by atoms with van der Waals surface area (Å²) in [7, 11) is 0. The van der Waals surface area contributed by atoms with Gasteiger partial charge < -0.3 is 0 Å². The van der Waals surface area contributed by atoms with E-state index in [0.29, 0.717) is 11.8 Å². The molecule has 0 aromatic heterocycles. The molecule has 8 nitrogen and oxygen atoms in total. The molecule has 1 aliphatic carbocycles. The van der Waals surface area contributed by atoms with E-state index >= 15 is 0 Å². The molecular weight excluding hydrogens is 288 g/mol. The lowest BCUT2D eigenvalue weighted by Crippen LogP contribution is -2.25. The highest BCUT2D eigenvalue weighted by Gasteiger charge is 2.24. The van der Waals surface area contributed by atoms with Crippen molar-refractivity contribution in [2.45, 2.75) is 33.1 Å². The molecule has 0 amide bonds. The molecule has 0 heterocycles. The van der Waals surface area contributed by atoms with Crippen molar-refractivity contribution in [3.8, 4) is 0 Å². The molecule has 0 saturated heterocycles. The first-order valence-electron chi connectivity index (χ1n) is 7.15. The number of nitrogens with zero attached hydrogens (tertiary/aromatic N) is 3. The van der Waals surface area contributed by atoms with Gasteiger partial charge in [0.25, 0.3) is 5.69 Å². The van der Waals surface area contributed by atoms with Gasteiger partial charge in [0.1, 0.15) is 5.69 Å². The average molecular weight is 306 g/mol. The van der Waals surface area contributed by atoms with Crippen molar-refractivity contribution in [1.82, 2.24) is 0 Å². The lowest BCUT2D eigenvalue weighted by molar-refractivity contribution is -0.393. The second-order valence-electron chi connectivity index (χ2n) is 5.59. The van der Waals surface area contributed by atoms with Gasteiger partial charge in [-0.05, 0) is 37.2 Å². The second kappa shape index (κ2) is 6.50. The van der Waals surface area contributed by atoms with Gasteiger partial charge in [0.2, 0.25) is 0 Å². The minimum absolute atomic E-state index is 0.161. The number of hydrogen-bond acceptors (Lipinski definition) is 6. The fourth-order valence-corrected chi connectivity index (χ4v) is 2.58. The lowest BCUT2D eigenvalue weighted by Gasteiger charge is -2.27. The van der Waals surface area contributed by atoms with E-state index in [1.807, 2.05) is 0 Å². The number of non-ortho nitro benzene ring substituents is 1. The highest BCUT2D eigenvalue weighted by Crippen LogP contribution is 2.30. The third-order valence-electron chi connectivity index (χ3n) is 4.18. The second-order valence-corrected chi connectivity index (χ2v) is 5.59. The lowest BCUT2D eigenvalue weighted by atomic mass is 9.80. The first-order valence-corrected chi connectivity index (χ1v) is 7.15. The van der Waals surface area contributed by atoms with Crippen LogP contribution >= 0.6 is 0 Å². The zero-order valence-electron chi connectivity index (χ0n) is 12.5. The molecule has 0 bridgehead atoms. The fraction of sp³-hybridized carbons (Fsp3) is 0.500. The standard InChI is InChI=1S/C14H18N4O4/c1-9-4-3-5-12(10(9)2)15-16-13-7-6-11(17(19)20)8-14(13)18(21)22/h6-10,16H,3-5H2,1-2H3. The molecule has 0 aliphatic heterocycles. The third-order valence-corrected chi connectivity index (χ3v) is 4.18. The maximum atomic E-state index is 11.1. The number of nitrogens with one attached hydrogen (secondary N) is 1. The third kappa shape index (κ3) is 3.38. The summed E-state index contributed by atoms with van der Waals surface area (Å²) in [6, 6.07) is 3.48. The molecule has 1 N–H and O–H groups in total. The Bertz CT molecular complexity index is 629. The SMILES string of the molecule is CC1CCCC(=NNc2ccc([N+](=O)[O-])cc2[N+](=O)[O-])C1C. The summed E-state index contributed by atoms with van der Waals surface area (Å²) in [5.41, 5.74) is 3.18. The number of nitro groups is 2. The Kier molecular flexibility index (Phi) is 4.69. The van der Waals surface area contributed by atoms with Crippen LogP contribution in [-0.4, -0.2) is 15.6 Å². The number of hydrogen-bond donors (Lipinski definition) is 1. The van der Waals surface area contributed by atoms with E-state index < -0.39 is 9.85 Å². The summed E-state index contributed by atoms with van der Waals surface area (Å²) in [5.74, 6) is 0.847. The smallest absolute Gasteiger partial charge is 0.272 e. The van der Waals surface area contributed by atoms with E-state index in [1.54, 1.807) is 0 Å². The molecule has 1 fully saturated rings. The number of benzene rings is 1. The molecule has 1 aromatic carbocycles. The summed E-state index contributed by atoms with van der Waals surface area (Å²) in [5, 5.41) is 26.1. The van der Waals surface area contributed by atoms with Gasteiger partial charge in [-0.3, -0.25) is 25.7 Å². The van der Waals surface area contributed by atoms with Gasteiger partial charge in [-0.25, -0.2) is 0 Å². The monoisotopic (exact) mass is 306 g/mol. The quantitative estimate of drug-likeness (QED) is 0.673. The van der Waals surface area contributed by atoms with E-state index in [-0.39, 0.29) is 17.1 Å². The Hall–Kier alpha value is -2.51. The zero-order valence-corrected chi connectivity index (χ0v) is 12.5. The predicted molar refractivity (Wildman–Crippen MR) is 83.0 cm³/mol. The van der Waals surface area contributed by atoms with Gasteiger partial charge in [-0.2, -0.15) is 5.10 Å². The Morgan fingerprint density at radius 2 is 1.95 bits per heavy atom. The molecular formula is C14H18N4O4. The number of hydrazone groups is 1. The van der Waals surface area contributed by atoms with E-state index in [4.69, 9.17) is 0 Å². The van der Waals surface area contributed by atoms with Crippen LogP contribution in [0.1, 0.15) is 33.1 Å². The van der Waals surface area contributed by atoms with Crippen LogP contribution in [0.4, 0.5) is 17.1 Å². The van der Waals surface area contributed by atoms with Gasteiger partial charge in [-0.15, -0.1) is 0 Å². The van der Waals surface area contributed by atoms with Gasteiger partial charge in [0.05, 0.1) is 15.9 Å². The molecule has 8 heteroatoms. The van der Waals surface area contributed by atoms with Gasteiger partial charge in [-0.1, -0.05) is 13.8 Å². The van der Waals surface area contributed by atoms with Crippen molar-refractivity contribution in [3.05, 3.63) is 38.4 Å². The fourth-order valence-electron chi connectivity index (χ4n) is 2.58. The van der Waals surface area contributed by atoms with E-state index in [1.165, 1.54) is 12.1 Å². The van der Waals surface area contributed by atoms with E-state index in [9.17, 15) is 20.2 Å². The van der Waals surface area contributed by atoms with Crippen molar-refractivity contribution in [3.63, 3.8) is 0 Å². The van der Waals surface area contributed by atoms with Crippen LogP contribution in [0.5, 0.6) is 0 Å². The number of anilines is 1. The highest BCUT2D eigenvalue weighted by atomic mass is 16.6. The summed E-state index contributed by atoms with van der Waals surface area (Å²) in [6.45, 7) is 4.25. The molecule has 1 aliphatic rings. The minimum Gasteiger partial charge on any atom is -0.272 e. The molecule has 0 radical (unpaired) electrons. The van der Waals surface area contributed by atoms with E-state index in [0.717, 1.165) is 31.0 Å². The number of rotatable bonds is 4. The largest absolute Gasteiger partial charge is 0.301 e. The molecule has 22 heavy (non-hydrogen) atoms. The average Bonchev–Trinajstić information content (AvgIpc) is 2.48. The van der Waals surface area contributed by atoms with Gasteiger partial charge in [0.15, 0.2) is 0 Å². The zero-order chi connectivity index (χ0) is 16.3. The summed E-state index contributed by atoms with van der Waals surface area (Å²) in [4.78, 5) is 20.5. The molecule has 118 valence electrons. The van der Waals surface area contributed by atoms with Crippen LogP contribution in [0.15, 0.2) is 23.3 Å². The van der Waals surface area contributed by atoms with Crippen LogP contribution in [0.25, 0.3) is 0 Å². The molecule has 0 spiro atoms. The summed E-state index contributed by atoms with van der Waals surface area (Å²) in [6.07, 6.45) is 3.06. The van der Waals surface area contributed by atoms with Crippen molar-refractivity contribution in [1.29, 1.82) is 0 Å². The summed E-state index contributed by atoms with van der Waals surface area (Å²) < 4.78 is 0. The van der Waals surface area contributed by atoms with Gasteiger partial charge >= 0.3 is 5.69 Å². The van der Waals surface area contributed by atoms with Crippen LogP contribution in [0.3, 0.4) is 0 Å². The van der Waals surface area contributed by atoms with E-state index in [2.05, 4.69) is 24.4 Å². The van der Waals surface area contributed by atoms with Crippen LogP contribution in [-0.2, 0) is 0 Å². The first kappa shape index (κ1) is 15.9. The Labute approximate surface area is 127 Å². The van der Waals surface area contributed by atoms with Gasteiger partial charge in [0, 0.05) is 11.8 Å². The van der Waals surface area contributed by atoms with Crippen LogP contribution < -0.4 is 5.43 Å². The highest BCUT2D eigenvalue weighted by molar-refractivity contribution is 5.88. The molecule has 1 aromatic rings. The topological polar surface area (TPSA) is 111 Å². The van der Waals surface area contributed by atoms with Crippen molar-refractivity contribution >= 4 is 22.8 Å². The molecule has 1 saturated carbocycles. The van der Waals surface area contributed by atoms with Crippen molar-refractivity contribution in [2.75, 3.05) is 5.43 Å². The first-order chi connectivity index (χ1) is 10.4. The maximum absolute atomic E-state index is 11.1. The Morgan fingerprint density at radius 1 is 1.23 bits per heavy atom. The maximum Gasteiger partial charge on any atom is 0.301 e. The normalized spacial score (nSPS) is 23.3. The summed E-state index contributed by atoms with van der Waals surface area (Å²) >= 11 is 0. The molecule has 2 unspecified atom stereocenters. The molecule has 2 atom stereocenters.